The largest absolute Gasteiger partial charge is 0.480 e. The van der Waals surface area contributed by atoms with Crippen LogP contribution in [0.5, 0.6) is 0 Å². The highest BCUT2D eigenvalue weighted by atomic mass is 31.2. The number of hydrogen-bond donors (Lipinski definition) is 2. The van der Waals surface area contributed by atoms with E-state index in [1.807, 2.05) is 30.3 Å². The molecule has 0 spiro atoms. The monoisotopic (exact) mass is 470 g/mol. The second-order valence-corrected chi connectivity index (χ2v) is 9.42. The fourth-order valence-corrected chi connectivity index (χ4v) is 5.08. The lowest BCUT2D eigenvalue weighted by molar-refractivity contribution is -0.139. The molecule has 0 aliphatic rings. The molecule has 0 fully saturated rings. The summed E-state index contributed by atoms with van der Waals surface area (Å²) in [5.74, 6) is -1.67. The second-order valence-electron chi connectivity index (χ2n) is 7.37. The molecule has 1 heterocycles. The summed E-state index contributed by atoms with van der Waals surface area (Å²) in [6, 6.07) is 16.5. The van der Waals surface area contributed by atoms with Gasteiger partial charge in [0, 0.05) is 23.1 Å². The van der Waals surface area contributed by atoms with E-state index in [9.17, 15) is 19.3 Å². The molecule has 174 valence electrons. The number of carboxylic acids is 1. The van der Waals surface area contributed by atoms with E-state index in [4.69, 9.17) is 9.05 Å². The lowest BCUT2D eigenvalue weighted by Crippen LogP contribution is -2.42. The standard InChI is InChI=1S/C24H27N2O6P/c1-3-31-33(30,32-4-2)16-17-9-11-19(12-10-17)23(27)26-22(24(28)29)15-20-14-13-18-7-5-6-8-21(18)25-20/h5-14,22H,3-4,15-16H2,1-2H3,(H,26,27)(H,28,29)/t22-/m1/s1. The quantitative estimate of drug-likeness (QED) is 0.399. The van der Waals surface area contributed by atoms with Crippen molar-refractivity contribution in [1.82, 2.24) is 10.3 Å². The van der Waals surface area contributed by atoms with Crippen molar-refractivity contribution >= 4 is 30.4 Å². The molecule has 3 aromatic rings. The van der Waals surface area contributed by atoms with Crippen LogP contribution in [0.1, 0.15) is 35.5 Å². The molecular weight excluding hydrogens is 443 g/mol. The van der Waals surface area contributed by atoms with Gasteiger partial charge in [0.05, 0.1) is 24.9 Å². The summed E-state index contributed by atoms with van der Waals surface area (Å²) in [5, 5.41) is 13.1. The molecule has 1 atom stereocenters. The number of aromatic nitrogens is 1. The Morgan fingerprint density at radius 2 is 1.67 bits per heavy atom. The normalized spacial score (nSPS) is 12.4. The van der Waals surface area contributed by atoms with Crippen LogP contribution >= 0.6 is 7.60 Å². The first kappa shape index (κ1) is 24.6. The van der Waals surface area contributed by atoms with Crippen molar-refractivity contribution in [3.05, 3.63) is 77.5 Å². The summed E-state index contributed by atoms with van der Waals surface area (Å²) < 4.78 is 23.3. The zero-order valence-corrected chi connectivity index (χ0v) is 19.5. The van der Waals surface area contributed by atoms with Gasteiger partial charge in [-0.15, -0.1) is 0 Å². The number of nitrogens with zero attached hydrogens (tertiary/aromatic N) is 1. The van der Waals surface area contributed by atoms with Crippen LogP contribution in [-0.2, 0) is 31.0 Å². The lowest BCUT2D eigenvalue weighted by atomic mass is 10.1. The summed E-state index contributed by atoms with van der Waals surface area (Å²) in [5.41, 5.74) is 2.31. The number of carboxylic acid groups (broad SMARTS) is 1. The van der Waals surface area contributed by atoms with Crippen LogP contribution in [0.25, 0.3) is 10.9 Å². The molecule has 2 N–H and O–H groups in total. The number of amides is 1. The van der Waals surface area contributed by atoms with E-state index in [1.54, 1.807) is 44.2 Å². The summed E-state index contributed by atoms with van der Waals surface area (Å²) in [6.07, 6.45) is 0.137. The van der Waals surface area contributed by atoms with E-state index in [-0.39, 0.29) is 25.8 Å². The summed E-state index contributed by atoms with van der Waals surface area (Å²) in [4.78, 5) is 28.9. The lowest BCUT2D eigenvalue weighted by Gasteiger charge is -2.17. The maximum atomic E-state index is 12.7. The average molecular weight is 470 g/mol. The van der Waals surface area contributed by atoms with E-state index < -0.39 is 25.5 Å². The Balaban J connectivity index is 1.68. The van der Waals surface area contributed by atoms with Gasteiger partial charge in [-0.25, -0.2) is 4.79 Å². The fraction of sp³-hybridized carbons (Fsp3) is 0.292. The number of hydrogen-bond acceptors (Lipinski definition) is 6. The number of carbonyl (C=O) groups excluding carboxylic acids is 1. The summed E-state index contributed by atoms with van der Waals surface area (Å²) >= 11 is 0. The van der Waals surface area contributed by atoms with E-state index in [1.165, 1.54) is 0 Å². The zero-order valence-electron chi connectivity index (χ0n) is 18.6. The maximum absolute atomic E-state index is 12.7. The molecule has 8 nitrogen and oxygen atoms in total. The maximum Gasteiger partial charge on any atom is 0.335 e. The number of pyridine rings is 1. The Labute approximate surface area is 192 Å². The highest BCUT2D eigenvalue weighted by Crippen LogP contribution is 2.51. The Morgan fingerprint density at radius 1 is 1.00 bits per heavy atom. The van der Waals surface area contributed by atoms with Crippen LogP contribution < -0.4 is 5.32 Å². The molecule has 1 aromatic heterocycles. The van der Waals surface area contributed by atoms with Gasteiger partial charge in [0.1, 0.15) is 6.04 Å². The first-order valence-corrected chi connectivity index (χ1v) is 12.4. The molecule has 0 aliphatic carbocycles. The number of para-hydroxylation sites is 1. The van der Waals surface area contributed by atoms with E-state index in [0.29, 0.717) is 16.8 Å². The van der Waals surface area contributed by atoms with Crippen molar-refractivity contribution in [3.8, 4) is 0 Å². The molecule has 0 radical (unpaired) electrons. The highest BCUT2D eigenvalue weighted by Gasteiger charge is 2.25. The number of rotatable bonds is 11. The van der Waals surface area contributed by atoms with Gasteiger partial charge >= 0.3 is 13.6 Å². The van der Waals surface area contributed by atoms with Crippen LogP contribution in [0, 0.1) is 0 Å². The third kappa shape index (κ3) is 6.71. The Morgan fingerprint density at radius 3 is 2.30 bits per heavy atom. The van der Waals surface area contributed by atoms with Crippen molar-refractivity contribution < 1.29 is 28.3 Å². The Hall–Kier alpha value is -3.06. The topological polar surface area (TPSA) is 115 Å². The van der Waals surface area contributed by atoms with E-state index >= 15 is 0 Å². The Kier molecular flexibility index (Phi) is 8.33. The van der Waals surface area contributed by atoms with Crippen molar-refractivity contribution in [2.45, 2.75) is 32.5 Å². The second kappa shape index (κ2) is 11.2. The molecule has 33 heavy (non-hydrogen) atoms. The SMILES string of the molecule is CCOP(=O)(Cc1ccc(C(=O)N[C@H](Cc2ccc3ccccc3n2)C(=O)O)cc1)OCC. The van der Waals surface area contributed by atoms with Gasteiger partial charge in [-0.05, 0) is 43.7 Å². The van der Waals surface area contributed by atoms with Crippen LogP contribution in [0.2, 0.25) is 0 Å². The smallest absolute Gasteiger partial charge is 0.335 e. The average Bonchev–Trinajstić information content (AvgIpc) is 2.79. The van der Waals surface area contributed by atoms with Crippen LogP contribution in [-0.4, -0.2) is 41.2 Å². The van der Waals surface area contributed by atoms with Crippen LogP contribution in [0.15, 0.2) is 60.7 Å². The third-order valence-electron chi connectivity index (χ3n) is 4.92. The minimum atomic E-state index is -3.26. The molecule has 1 amide bonds. The van der Waals surface area contributed by atoms with Gasteiger partial charge in [-0.2, -0.15) is 0 Å². The van der Waals surface area contributed by atoms with E-state index in [0.717, 1.165) is 10.9 Å². The van der Waals surface area contributed by atoms with Crippen LogP contribution in [0.4, 0.5) is 0 Å². The van der Waals surface area contributed by atoms with Crippen molar-refractivity contribution in [1.29, 1.82) is 0 Å². The third-order valence-corrected chi connectivity index (χ3v) is 6.97. The molecule has 0 unspecified atom stereocenters. The van der Waals surface area contributed by atoms with E-state index in [2.05, 4.69) is 10.3 Å². The molecule has 0 saturated heterocycles. The van der Waals surface area contributed by atoms with Gasteiger partial charge in [-0.3, -0.25) is 14.3 Å². The minimum absolute atomic E-state index is 0.0515. The molecule has 2 aromatic carbocycles. The van der Waals surface area contributed by atoms with Gasteiger partial charge < -0.3 is 19.5 Å². The summed E-state index contributed by atoms with van der Waals surface area (Å²) in [7, 11) is -3.26. The number of benzene rings is 2. The molecular formula is C24H27N2O6P. The van der Waals surface area contributed by atoms with Crippen molar-refractivity contribution in [2.75, 3.05) is 13.2 Å². The van der Waals surface area contributed by atoms with Gasteiger partial charge in [0.15, 0.2) is 0 Å². The molecule has 9 heteroatoms. The van der Waals surface area contributed by atoms with Gasteiger partial charge in [0.25, 0.3) is 5.91 Å². The molecule has 3 rings (SSSR count). The number of nitrogens with one attached hydrogen (secondary N) is 1. The minimum Gasteiger partial charge on any atom is -0.480 e. The van der Waals surface area contributed by atoms with Crippen molar-refractivity contribution in [2.24, 2.45) is 0 Å². The molecule has 0 aliphatic heterocycles. The number of aliphatic carboxylic acids is 1. The van der Waals surface area contributed by atoms with Gasteiger partial charge in [-0.1, -0.05) is 36.4 Å². The highest BCUT2D eigenvalue weighted by molar-refractivity contribution is 7.53. The predicted molar refractivity (Wildman–Crippen MR) is 125 cm³/mol. The zero-order chi connectivity index (χ0) is 23.8. The Bertz CT molecular complexity index is 1160. The number of fused-ring (bicyclic) bond motifs is 1. The molecule has 0 saturated carbocycles. The summed E-state index contributed by atoms with van der Waals surface area (Å²) in [6.45, 7) is 4.01. The number of carbonyl (C=O) groups is 2. The van der Waals surface area contributed by atoms with Crippen LogP contribution in [0.3, 0.4) is 0 Å². The van der Waals surface area contributed by atoms with Crippen molar-refractivity contribution in [3.63, 3.8) is 0 Å². The first-order chi connectivity index (χ1) is 15.8. The molecule has 0 bridgehead atoms. The first-order valence-electron chi connectivity index (χ1n) is 10.7. The fourth-order valence-electron chi connectivity index (χ4n) is 3.38. The predicted octanol–water partition coefficient (Wildman–Crippen LogP) is 4.43. The van der Waals surface area contributed by atoms with Gasteiger partial charge in [0.2, 0.25) is 0 Å².